The second kappa shape index (κ2) is 8.39. The van der Waals surface area contributed by atoms with E-state index in [9.17, 15) is 9.59 Å². The van der Waals surface area contributed by atoms with Crippen molar-refractivity contribution in [3.8, 4) is 0 Å². The standard InChI is InChI=1S/C18H25NO3S/c1-4-15(14-8-6-5-7-9-14)17(20)19-12-23-11-16(19)18(21)22-10-13(2)3/h5-9,13,15-16H,4,10-12H2,1-3H3. The normalized spacial score (nSPS) is 19.0. The Hall–Kier alpha value is -1.49. The van der Waals surface area contributed by atoms with E-state index in [1.54, 1.807) is 16.7 Å². The average Bonchev–Trinajstić information content (AvgIpc) is 3.04. The largest absolute Gasteiger partial charge is 0.464 e. The van der Waals surface area contributed by atoms with E-state index in [0.717, 1.165) is 12.0 Å². The number of hydrogen-bond donors (Lipinski definition) is 0. The number of benzene rings is 1. The molecule has 126 valence electrons. The molecule has 2 rings (SSSR count). The minimum absolute atomic E-state index is 0.0233. The monoisotopic (exact) mass is 335 g/mol. The fourth-order valence-electron chi connectivity index (χ4n) is 2.64. The Morgan fingerprint density at radius 3 is 2.61 bits per heavy atom. The molecule has 23 heavy (non-hydrogen) atoms. The van der Waals surface area contributed by atoms with Crippen LogP contribution in [0.3, 0.4) is 0 Å². The third kappa shape index (κ3) is 4.50. The highest BCUT2D eigenvalue weighted by atomic mass is 32.2. The summed E-state index contributed by atoms with van der Waals surface area (Å²) in [6.07, 6.45) is 0.720. The second-order valence-electron chi connectivity index (χ2n) is 6.22. The summed E-state index contributed by atoms with van der Waals surface area (Å²) >= 11 is 1.61. The second-order valence-corrected chi connectivity index (χ2v) is 7.22. The zero-order chi connectivity index (χ0) is 16.8. The Balaban J connectivity index is 2.08. The molecule has 0 bridgehead atoms. The van der Waals surface area contributed by atoms with Crippen molar-refractivity contribution >= 4 is 23.6 Å². The molecule has 0 aliphatic carbocycles. The highest BCUT2D eigenvalue weighted by Gasteiger charge is 2.38. The maximum absolute atomic E-state index is 12.9. The lowest BCUT2D eigenvalue weighted by Crippen LogP contribution is -2.45. The van der Waals surface area contributed by atoms with Crippen molar-refractivity contribution in [3.05, 3.63) is 35.9 Å². The van der Waals surface area contributed by atoms with Crippen LogP contribution in [0.5, 0.6) is 0 Å². The summed E-state index contributed by atoms with van der Waals surface area (Å²) in [4.78, 5) is 26.9. The van der Waals surface area contributed by atoms with E-state index in [1.165, 1.54) is 0 Å². The van der Waals surface area contributed by atoms with Crippen LogP contribution in [0.2, 0.25) is 0 Å². The van der Waals surface area contributed by atoms with Gasteiger partial charge in [-0.15, -0.1) is 11.8 Å². The summed E-state index contributed by atoms with van der Waals surface area (Å²) in [5, 5.41) is 0. The molecular formula is C18H25NO3S. The van der Waals surface area contributed by atoms with E-state index in [1.807, 2.05) is 51.1 Å². The fourth-order valence-corrected chi connectivity index (χ4v) is 3.79. The zero-order valence-corrected chi connectivity index (χ0v) is 14.8. The van der Waals surface area contributed by atoms with Crippen molar-refractivity contribution in [2.45, 2.75) is 39.2 Å². The molecule has 0 aromatic heterocycles. The number of carbonyl (C=O) groups excluding carboxylic acids is 2. The first-order chi connectivity index (χ1) is 11.0. The summed E-state index contributed by atoms with van der Waals surface area (Å²) in [7, 11) is 0. The predicted octanol–water partition coefficient (Wildman–Crippen LogP) is 3.28. The third-order valence-corrected chi connectivity index (χ3v) is 4.92. The molecule has 0 spiro atoms. The Morgan fingerprint density at radius 1 is 1.30 bits per heavy atom. The molecule has 0 saturated carbocycles. The molecule has 1 aliphatic rings. The van der Waals surface area contributed by atoms with Crippen molar-refractivity contribution < 1.29 is 14.3 Å². The van der Waals surface area contributed by atoms with Crippen LogP contribution in [-0.2, 0) is 14.3 Å². The van der Waals surface area contributed by atoms with Gasteiger partial charge in [-0.1, -0.05) is 51.1 Å². The SMILES string of the molecule is CCC(C(=O)N1CSCC1C(=O)OCC(C)C)c1ccccc1. The van der Waals surface area contributed by atoms with Crippen molar-refractivity contribution in [3.63, 3.8) is 0 Å². The van der Waals surface area contributed by atoms with Crippen molar-refractivity contribution in [1.82, 2.24) is 4.90 Å². The van der Waals surface area contributed by atoms with Gasteiger partial charge in [0.2, 0.25) is 5.91 Å². The topological polar surface area (TPSA) is 46.6 Å². The number of nitrogens with zero attached hydrogens (tertiary/aromatic N) is 1. The van der Waals surface area contributed by atoms with Gasteiger partial charge in [-0.25, -0.2) is 4.79 Å². The number of esters is 1. The lowest BCUT2D eigenvalue weighted by Gasteiger charge is -2.27. The van der Waals surface area contributed by atoms with Gasteiger partial charge < -0.3 is 9.64 Å². The van der Waals surface area contributed by atoms with Gasteiger partial charge in [0.25, 0.3) is 0 Å². The Labute approximate surface area is 142 Å². The molecule has 1 fully saturated rings. The molecule has 0 radical (unpaired) electrons. The Bertz CT molecular complexity index is 532. The van der Waals surface area contributed by atoms with E-state index in [0.29, 0.717) is 24.2 Å². The zero-order valence-electron chi connectivity index (χ0n) is 14.0. The molecule has 1 heterocycles. The van der Waals surface area contributed by atoms with E-state index >= 15 is 0 Å². The van der Waals surface area contributed by atoms with E-state index < -0.39 is 6.04 Å². The minimum Gasteiger partial charge on any atom is -0.464 e. The van der Waals surface area contributed by atoms with E-state index in [2.05, 4.69) is 0 Å². The Morgan fingerprint density at radius 2 is 2.00 bits per heavy atom. The molecule has 0 N–H and O–H groups in total. The van der Waals surface area contributed by atoms with Crippen molar-refractivity contribution in [2.24, 2.45) is 5.92 Å². The van der Waals surface area contributed by atoms with Crippen molar-refractivity contribution in [2.75, 3.05) is 18.2 Å². The number of thioether (sulfide) groups is 1. The summed E-state index contributed by atoms with van der Waals surface area (Å²) in [5.41, 5.74) is 1.01. The molecule has 2 atom stereocenters. The number of hydrogen-bond acceptors (Lipinski definition) is 4. The van der Waals surface area contributed by atoms with Crippen molar-refractivity contribution in [1.29, 1.82) is 0 Å². The summed E-state index contributed by atoms with van der Waals surface area (Å²) < 4.78 is 5.34. The van der Waals surface area contributed by atoms with Gasteiger partial charge in [-0.2, -0.15) is 0 Å². The fraction of sp³-hybridized carbons (Fsp3) is 0.556. The number of carbonyl (C=O) groups is 2. The molecular weight excluding hydrogens is 310 g/mol. The lowest BCUT2D eigenvalue weighted by molar-refractivity contribution is -0.154. The average molecular weight is 335 g/mol. The van der Waals surface area contributed by atoms with Crippen LogP contribution < -0.4 is 0 Å². The predicted molar refractivity (Wildman–Crippen MR) is 93.2 cm³/mol. The quantitative estimate of drug-likeness (QED) is 0.749. The smallest absolute Gasteiger partial charge is 0.329 e. The molecule has 1 aromatic carbocycles. The van der Waals surface area contributed by atoms with Crippen LogP contribution >= 0.6 is 11.8 Å². The molecule has 4 nitrogen and oxygen atoms in total. The molecule has 1 saturated heterocycles. The van der Waals surface area contributed by atoms with Crippen LogP contribution in [0.1, 0.15) is 38.7 Å². The van der Waals surface area contributed by atoms with Gasteiger partial charge in [-0.3, -0.25) is 4.79 Å². The highest BCUT2D eigenvalue weighted by molar-refractivity contribution is 7.99. The highest BCUT2D eigenvalue weighted by Crippen LogP contribution is 2.29. The molecule has 5 heteroatoms. The first kappa shape index (κ1) is 17.9. The van der Waals surface area contributed by atoms with Gasteiger partial charge in [0.05, 0.1) is 18.4 Å². The lowest BCUT2D eigenvalue weighted by atomic mass is 9.95. The number of amides is 1. The van der Waals surface area contributed by atoms with E-state index in [-0.39, 0.29) is 17.8 Å². The van der Waals surface area contributed by atoms with Gasteiger partial charge >= 0.3 is 5.97 Å². The third-order valence-electron chi connectivity index (χ3n) is 3.90. The van der Waals surface area contributed by atoms with Gasteiger partial charge in [0.1, 0.15) is 6.04 Å². The van der Waals surface area contributed by atoms with Crippen LogP contribution in [0.15, 0.2) is 30.3 Å². The summed E-state index contributed by atoms with van der Waals surface area (Å²) in [6, 6.07) is 9.32. The van der Waals surface area contributed by atoms with Gasteiger partial charge in [0, 0.05) is 5.75 Å². The summed E-state index contributed by atoms with van der Waals surface area (Å²) in [5.74, 6) is 1.02. The first-order valence-corrected chi connectivity index (χ1v) is 9.29. The first-order valence-electron chi connectivity index (χ1n) is 8.14. The minimum atomic E-state index is -0.455. The van der Waals surface area contributed by atoms with Gasteiger partial charge in [0.15, 0.2) is 0 Å². The maximum Gasteiger partial charge on any atom is 0.329 e. The number of ether oxygens (including phenoxy) is 1. The van der Waals surface area contributed by atoms with Crippen LogP contribution in [0.25, 0.3) is 0 Å². The maximum atomic E-state index is 12.9. The van der Waals surface area contributed by atoms with E-state index in [4.69, 9.17) is 4.74 Å². The molecule has 1 amide bonds. The van der Waals surface area contributed by atoms with Crippen LogP contribution in [0, 0.1) is 5.92 Å². The van der Waals surface area contributed by atoms with Gasteiger partial charge in [-0.05, 0) is 17.9 Å². The Kier molecular flexibility index (Phi) is 6.51. The number of rotatable bonds is 6. The van der Waals surface area contributed by atoms with Crippen LogP contribution in [-0.4, -0.2) is 41.1 Å². The van der Waals surface area contributed by atoms with Crippen LogP contribution in [0.4, 0.5) is 0 Å². The molecule has 1 aromatic rings. The summed E-state index contributed by atoms with van der Waals surface area (Å²) in [6.45, 7) is 6.41. The molecule has 2 unspecified atom stereocenters. The molecule has 1 aliphatic heterocycles.